The molecular formula is C11H9F4N3. The van der Waals surface area contributed by atoms with Gasteiger partial charge in [-0.3, -0.25) is 4.68 Å². The average molecular weight is 259 g/mol. The summed E-state index contributed by atoms with van der Waals surface area (Å²) in [7, 11) is 1.52. The Bertz CT molecular complexity index is 567. The van der Waals surface area contributed by atoms with Gasteiger partial charge < -0.3 is 5.73 Å². The summed E-state index contributed by atoms with van der Waals surface area (Å²) in [6.07, 6.45) is -3.31. The number of aromatic nitrogens is 2. The van der Waals surface area contributed by atoms with Crippen LogP contribution in [0.1, 0.15) is 5.56 Å². The minimum atomic E-state index is -4.61. The van der Waals surface area contributed by atoms with Crippen LogP contribution in [0.4, 0.5) is 23.2 Å². The molecule has 0 bridgehead atoms. The first-order valence-corrected chi connectivity index (χ1v) is 4.94. The van der Waals surface area contributed by atoms with E-state index in [0.29, 0.717) is 6.07 Å². The Morgan fingerprint density at radius 2 is 1.89 bits per heavy atom. The third-order valence-electron chi connectivity index (χ3n) is 2.47. The third kappa shape index (κ3) is 2.15. The summed E-state index contributed by atoms with van der Waals surface area (Å²) >= 11 is 0. The molecule has 1 aromatic carbocycles. The number of alkyl halides is 3. The van der Waals surface area contributed by atoms with E-state index in [4.69, 9.17) is 5.73 Å². The van der Waals surface area contributed by atoms with E-state index >= 15 is 0 Å². The Kier molecular flexibility index (Phi) is 2.76. The number of hydrogen-bond acceptors (Lipinski definition) is 2. The maximum absolute atomic E-state index is 13.2. The van der Waals surface area contributed by atoms with E-state index in [-0.39, 0.29) is 16.9 Å². The second-order valence-electron chi connectivity index (χ2n) is 3.80. The second kappa shape index (κ2) is 4.01. The molecule has 0 saturated carbocycles. The lowest BCUT2D eigenvalue weighted by Gasteiger charge is -2.10. The monoisotopic (exact) mass is 259 g/mol. The Labute approximate surface area is 99.8 Å². The van der Waals surface area contributed by atoms with E-state index < -0.39 is 17.6 Å². The van der Waals surface area contributed by atoms with Gasteiger partial charge in [0.1, 0.15) is 5.82 Å². The van der Waals surface area contributed by atoms with Crippen molar-refractivity contribution in [1.29, 1.82) is 0 Å². The lowest BCUT2D eigenvalue weighted by atomic mass is 10.1. The first-order chi connectivity index (χ1) is 8.29. The van der Waals surface area contributed by atoms with Crippen LogP contribution >= 0.6 is 0 Å². The van der Waals surface area contributed by atoms with Crippen LogP contribution in [0.3, 0.4) is 0 Å². The van der Waals surface area contributed by atoms with E-state index in [9.17, 15) is 17.6 Å². The van der Waals surface area contributed by atoms with Crippen LogP contribution in [0, 0.1) is 5.82 Å². The molecule has 2 N–H and O–H groups in total. The highest BCUT2D eigenvalue weighted by atomic mass is 19.4. The van der Waals surface area contributed by atoms with Gasteiger partial charge in [0.25, 0.3) is 0 Å². The zero-order valence-corrected chi connectivity index (χ0v) is 9.29. The van der Waals surface area contributed by atoms with Crippen LogP contribution in [0.5, 0.6) is 0 Å². The predicted molar refractivity (Wildman–Crippen MR) is 58.0 cm³/mol. The maximum Gasteiger partial charge on any atom is 0.416 e. The van der Waals surface area contributed by atoms with Gasteiger partial charge in [-0.2, -0.15) is 18.3 Å². The van der Waals surface area contributed by atoms with Gasteiger partial charge in [0.05, 0.1) is 23.1 Å². The average Bonchev–Trinajstić information content (AvgIpc) is 2.56. The summed E-state index contributed by atoms with van der Waals surface area (Å²) in [5.41, 5.74) is 5.02. The Hall–Kier alpha value is -2.05. The van der Waals surface area contributed by atoms with Crippen molar-refractivity contribution in [3.05, 3.63) is 35.8 Å². The van der Waals surface area contributed by atoms with Crippen molar-refractivity contribution in [3.8, 4) is 11.3 Å². The van der Waals surface area contributed by atoms with Gasteiger partial charge in [-0.25, -0.2) is 4.39 Å². The Morgan fingerprint density at radius 3 is 2.39 bits per heavy atom. The molecule has 18 heavy (non-hydrogen) atoms. The number of halogens is 4. The fraction of sp³-hybridized carbons (Fsp3) is 0.182. The van der Waals surface area contributed by atoms with Gasteiger partial charge in [0, 0.05) is 12.6 Å². The van der Waals surface area contributed by atoms with Crippen molar-refractivity contribution in [2.24, 2.45) is 7.05 Å². The van der Waals surface area contributed by atoms with Gasteiger partial charge >= 0.3 is 6.18 Å². The van der Waals surface area contributed by atoms with Crippen molar-refractivity contribution in [2.45, 2.75) is 6.18 Å². The van der Waals surface area contributed by atoms with E-state index in [0.717, 1.165) is 12.1 Å². The summed E-state index contributed by atoms with van der Waals surface area (Å²) in [4.78, 5) is 0. The predicted octanol–water partition coefficient (Wildman–Crippen LogP) is 2.83. The minimum absolute atomic E-state index is 0.0415. The second-order valence-corrected chi connectivity index (χ2v) is 3.80. The molecule has 96 valence electrons. The van der Waals surface area contributed by atoms with Crippen molar-refractivity contribution >= 4 is 5.69 Å². The first kappa shape index (κ1) is 12.4. The first-order valence-electron chi connectivity index (χ1n) is 4.94. The van der Waals surface area contributed by atoms with Crippen LogP contribution in [-0.4, -0.2) is 9.78 Å². The van der Waals surface area contributed by atoms with Crippen LogP contribution < -0.4 is 5.73 Å². The lowest BCUT2D eigenvalue weighted by molar-refractivity contribution is -0.137. The van der Waals surface area contributed by atoms with Crippen LogP contribution in [0.15, 0.2) is 24.4 Å². The molecule has 0 atom stereocenters. The smallest absolute Gasteiger partial charge is 0.396 e. The molecular weight excluding hydrogens is 250 g/mol. The van der Waals surface area contributed by atoms with Gasteiger partial charge in [-0.15, -0.1) is 0 Å². The van der Waals surface area contributed by atoms with Gasteiger partial charge in [-0.1, -0.05) is 0 Å². The SMILES string of the molecule is Cn1ncc(N)c1-c1cc(F)cc(C(F)(F)F)c1. The van der Waals surface area contributed by atoms with Gasteiger partial charge in [-0.05, 0) is 18.2 Å². The summed E-state index contributed by atoms with van der Waals surface area (Å²) in [5, 5.41) is 3.80. The molecule has 0 unspecified atom stereocenters. The Balaban J connectivity index is 2.63. The van der Waals surface area contributed by atoms with E-state index in [1.165, 1.54) is 17.9 Å². The molecule has 0 amide bonds. The van der Waals surface area contributed by atoms with Gasteiger partial charge in [0.15, 0.2) is 0 Å². The van der Waals surface area contributed by atoms with E-state index in [1.54, 1.807) is 0 Å². The summed E-state index contributed by atoms with van der Waals surface area (Å²) < 4.78 is 52.2. The van der Waals surface area contributed by atoms with Crippen LogP contribution in [-0.2, 0) is 13.2 Å². The number of nitrogens with two attached hydrogens (primary N) is 1. The number of nitrogen functional groups attached to an aromatic ring is 1. The van der Waals surface area contributed by atoms with Crippen molar-refractivity contribution in [2.75, 3.05) is 5.73 Å². The molecule has 0 spiro atoms. The molecule has 1 heterocycles. The molecule has 0 fully saturated rings. The van der Waals surface area contributed by atoms with Crippen molar-refractivity contribution < 1.29 is 17.6 Å². The van der Waals surface area contributed by atoms with Crippen LogP contribution in [0.25, 0.3) is 11.3 Å². The van der Waals surface area contributed by atoms with Crippen LogP contribution in [0.2, 0.25) is 0 Å². The molecule has 0 aliphatic carbocycles. The molecule has 2 aromatic rings. The molecule has 7 heteroatoms. The van der Waals surface area contributed by atoms with Crippen molar-refractivity contribution in [1.82, 2.24) is 9.78 Å². The molecule has 2 rings (SSSR count). The topological polar surface area (TPSA) is 43.8 Å². The van der Waals surface area contributed by atoms with Crippen molar-refractivity contribution in [3.63, 3.8) is 0 Å². The summed E-state index contributed by atoms with van der Waals surface area (Å²) in [6.45, 7) is 0. The van der Waals surface area contributed by atoms with E-state index in [2.05, 4.69) is 5.10 Å². The molecule has 3 nitrogen and oxygen atoms in total. The molecule has 0 aliphatic rings. The fourth-order valence-corrected chi connectivity index (χ4v) is 1.70. The number of aryl methyl sites for hydroxylation is 1. The number of nitrogens with zero attached hydrogens (tertiary/aromatic N) is 2. The summed E-state index contributed by atoms with van der Waals surface area (Å²) in [6, 6.07) is 2.27. The number of anilines is 1. The highest BCUT2D eigenvalue weighted by molar-refractivity contribution is 5.73. The highest BCUT2D eigenvalue weighted by Crippen LogP contribution is 2.34. The third-order valence-corrected chi connectivity index (χ3v) is 2.47. The zero-order valence-electron chi connectivity index (χ0n) is 9.29. The highest BCUT2D eigenvalue weighted by Gasteiger charge is 2.31. The van der Waals surface area contributed by atoms with Gasteiger partial charge in [0.2, 0.25) is 0 Å². The maximum atomic E-state index is 13.2. The lowest BCUT2D eigenvalue weighted by Crippen LogP contribution is -2.06. The molecule has 1 aromatic heterocycles. The Morgan fingerprint density at radius 1 is 1.22 bits per heavy atom. The number of rotatable bonds is 1. The standard InChI is InChI=1S/C11H9F4N3/c1-18-10(9(16)5-17-18)6-2-7(11(13,14)15)4-8(12)3-6/h2-5H,16H2,1H3. The normalized spacial score (nSPS) is 11.8. The minimum Gasteiger partial charge on any atom is -0.396 e. The molecule has 0 saturated heterocycles. The van der Waals surface area contributed by atoms with E-state index in [1.807, 2.05) is 0 Å². The number of hydrogen-bond donors (Lipinski definition) is 1. The summed E-state index contributed by atoms with van der Waals surface area (Å²) in [5.74, 6) is -0.972. The zero-order chi connectivity index (χ0) is 13.5. The molecule has 0 aliphatic heterocycles. The molecule has 0 radical (unpaired) electrons. The largest absolute Gasteiger partial charge is 0.416 e. The fourth-order valence-electron chi connectivity index (χ4n) is 1.70. The number of benzene rings is 1. The quantitative estimate of drug-likeness (QED) is 0.800.